The number of carbonyl (C=O) groups excluding carboxylic acids is 1. The summed E-state index contributed by atoms with van der Waals surface area (Å²) in [6, 6.07) is 22.0. The minimum atomic E-state index is -0.191. The van der Waals surface area contributed by atoms with Crippen LogP contribution in [0, 0.1) is 0 Å². The smallest absolute Gasteiger partial charge is 0.312 e. The van der Waals surface area contributed by atoms with Gasteiger partial charge < -0.3 is 9.15 Å². The van der Waals surface area contributed by atoms with Gasteiger partial charge in [-0.2, -0.15) is 0 Å². The predicted molar refractivity (Wildman–Crippen MR) is 92.3 cm³/mol. The summed E-state index contributed by atoms with van der Waals surface area (Å²) in [5, 5.41) is 2.21. The van der Waals surface area contributed by atoms with Crippen molar-refractivity contribution in [3.63, 3.8) is 0 Å². The van der Waals surface area contributed by atoms with E-state index in [-0.39, 0.29) is 11.9 Å². The van der Waals surface area contributed by atoms with Crippen LogP contribution in [0.15, 0.2) is 71.1 Å². The lowest BCUT2D eigenvalue weighted by molar-refractivity contribution is -0.135. The molecule has 0 saturated heterocycles. The lowest BCUT2D eigenvalue weighted by atomic mass is 9.86. The molecule has 24 heavy (non-hydrogen) atoms. The van der Waals surface area contributed by atoms with Gasteiger partial charge in [-0.1, -0.05) is 48.5 Å². The van der Waals surface area contributed by atoms with Crippen LogP contribution in [-0.2, 0) is 4.79 Å². The molecule has 3 heteroatoms. The molecule has 2 heterocycles. The third kappa shape index (κ3) is 1.95. The van der Waals surface area contributed by atoms with Gasteiger partial charge in [0.25, 0.3) is 0 Å². The van der Waals surface area contributed by atoms with Gasteiger partial charge in [0, 0.05) is 22.3 Å². The van der Waals surface area contributed by atoms with Crippen molar-refractivity contribution in [3.8, 4) is 5.75 Å². The van der Waals surface area contributed by atoms with E-state index in [9.17, 15) is 4.79 Å². The zero-order valence-corrected chi connectivity index (χ0v) is 12.9. The average molecular weight is 314 g/mol. The molecule has 0 N–H and O–H groups in total. The van der Waals surface area contributed by atoms with Gasteiger partial charge in [-0.05, 0) is 23.8 Å². The van der Waals surface area contributed by atoms with Crippen molar-refractivity contribution >= 4 is 27.9 Å². The topological polar surface area (TPSA) is 39.4 Å². The third-order valence-corrected chi connectivity index (χ3v) is 4.69. The fraction of sp³-hybridized carbons (Fsp3) is 0.0952. The molecule has 3 nitrogen and oxygen atoms in total. The molecule has 0 spiro atoms. The molecule has 0 fully saturated rings. The van der Waals surface area contributed by atoms with E-state index in [1.54, 1.807) is 0 Å². The summed E-state index contributed by atoms with van der Waals surface area (Å²) >= 11 is 0. The second kappa shape index (κ2) is 4.96. The first kappa shape index (κ1) is 13.4. The van der Waals surface area contributed by atoms with Crippen LogP contribution in [0.5, 0.6) is 5.75 Å². The van der Waals surface area contributed by atoms with Crippen molar-refractivity contribution in [2.75, 3.05) is 0 Å². The lowest BCUT2D eigenvalue weighted by Gasteiger charge is -2.24. The van der Waals surface area contributed by atoms with Crippen molar-refractivity contribution in [2.24, 2.45) is 0 Å². The molecule has 5 rings (SSSR count). The Hall–Kier alpha value is -3.07. The second-order valence-corrected chi connectivity index (χ2v) is 6.12. The standard InChI is InChI=1S/C21H14O3/c22-21-12-17(15-6-2-4-8-19(15)24-21)13-9-10-16-14-5-1-3-7-18(14)23-20(16)11-13/h1-11,17H,12H2/t17-/m1/s1. The average Bonchev–Trinajstić information content (AvgIpc) is 2.98. The highest BCUT2D eigenvalue weighted by molar-refractivity contribution is 6.05. The summed E-state index contributed by atoms with van der Waals surface area (Å²) in [6.07, 6.45) is 0.350. The number of para-hydroxylation sites is 2. The third-order valence-electron chi connectivity index (χ3n) is 4.69. The lowest BCUT2D eigenvalue weighted by Crippen LogP contribution is -2.20. The minimum Gasteiger partial charge on any atom is -0.456 e. The van der Waals surface area contributed by atoms with Gasteiger partial charge in [0.05, 0.1) is 6.42 Å². The number of rotatable bonds is 1. The molecule has 0 amide bonds. The first-order valence-corrected chi connectivity index (χ1v) is 8.00. The van der Waals surface area contributed by atoms with Gasteiger partial charge in [-0.25, -0.2) is 0 Å². The summed E-state index contributed by atoms with van der Waals surface area (Å²) in [4.78, 5) is 12.0. The Labute approximate surface area is 138 Å². The van der Waals surface area contributed by atoms with Crippen molar-refractivity contribution in [2.45, 2.75) is 12.3 Å². The molecule has 1 atom stereocenters. The zero-order chi connectivity index (χ0) is 16.1. The highest BCUT2D eigenvalue weighted by Gasteiger charge is 2.28. The van der Waals surface area contributed by atoms with Crippen LogP contribution >= 0.6 is 0 Å². The quantitative estimate of drug-likeness (QED) is 0.365. The summed E-state index contributed by atoms with van der Waals surface area (Å²) < 4.78 is 11.3. The minimum absolute atomic E-state index is 0.0000576. The number of hydrogen-bond acceptors (Lipinski definition) is 3. The van der Waals surface area contributed by atoms with Gasteiger partial charge in [-0.15, -0.1) is 0 Å². The number of hydrogen-bond donors (Lipinski definition) is 0. The maximum Gasteiger partial charge on any atom is 0.312 e. The Bertz CT molecular complexity index is 1090. The normalized spacial score (nSPS) is 17.0. The number of fused-ring (bicyclic) bond motifs is 4. The molecule has 0 bridgehead atoms. The van der Waals surface area contributed by atoms with Crippen molar-refractivity contribution in [1.82, 2.24) is 0 Å². The Morgan fingerprint density at radius 3 is 2.58 bits per heavy atom. The molecule has 1 aromatic heterocycles. The fourth-order valence-corrected chi connectivity index (χ4v) is 3.56. The summed E-state index contributed by atoms with van der Waals surface area (Å²) in [7, 11) is 0. The van der Waals surface area contributed by atoms with E-state index in [0.717, 1.165) is 33.1 Å². The molecule has 0 saturated carbocycles. The molecule has 3 aromatic carbocycles. The van der Waals surface area contributed by atoms with Crippen LogP contribution in [0.3, 0.4) is 0 Å². The van der Waals surface area contributed by atoms with E-state index < -0.39 is 0 Å². The van der Waals surface area contributed by atoms with Crippen molar-refractivity contribution < 1.29 is 13.9 Å². The Morgan fingerprint density at radius 2 is 1.62 bits per heavy atom. The van der Waals surface area contributed by atoms with Gasteiger partial charge >= 0.3 is 5.97 Å². The van der Waals surface area contributed by atoms with E-state index in [0.29, 0.717) is 12.2 Å². The first-order valence-electron chi connectivity index (χ1n) is 8.00. The number of benzene rings is 3. The van der Waals surface area contributed by atoms with Crippen LogP contribution in [-0.4, -0.2) is 5.97 Å². The molecule has 1 aliphatic heterocycles. The largest absolute Gasteiger partial charge is 0.456 e. The van der Waals surface area contributed by atoms with Gasteiger partial charge in [0.15, 0.2) is 0 Å². The highest BCUT2D eigenvalue weighted by atomic mass is 16.5. The first-order chi connectivity index (χ1) is 11.8. The van der Waals surface area contributed by atoms with E-state index in [2.05, 4.69) is 24.3 Å². The van der Waals surface area contributed by atoms with E-state index >= 15 is 0 Å². The van der Waals surface area contributed by atoms with Crippen molar-refractivity contribution in [1.29, 1.82) is 0 Å². The maximum atomic E-state index is 12.0. The van der Waals surface area contributed by atoms with Crippen LogP contribution in [0.25, 0.3) is 21.9 Å². The summed E-state index contributed by atoms with van der Waals surface area (Å²) in [6.45, 7) is 0. The van der Waals surface area contributed by atoms with E-state index in [1.165, 1.54) is 0 Å². The molecular formula is C21H14O3. The van der Waals surface area contributed by atoms with E-state index in [1.807, 2.05) is 42.5 Å². The monoisotopic (exact) mass is 314 g/mol. The predicted octanol–water partition coefficient (Wildman–Crippen LogP) is 5.03. The maximum absolute atomic E-state index is 12.0. The van der Waals surface area contributed by atoms with Gasteiger partial charge in [-0.3, -0.25) is 4.79 Å². The Kier molecular flexibility index (Phi) is 2.77. The van der Waals surface area contributed by atoms with Crippen LogP contribution in [0.4, 0.5) is 0 Å². The van der Waals surface area contributed by atoms with Gasteiger partial charge in [0.2, 0.25) is 0 Å². The fourth-order valence-electron chi connectivity index (χ4n) is 3.56. The molecular weight excluding hydrogens is 300 g/mol. The van der Waals surface area contributed by atoms with Crippen LogP contribution in [0.1, 0.15) is 23.5 Å². The van der Waals surface area contributed by atoms with Crippen molar-refractivity contribution in [3.05, 3.63) is 77.9 Å². The Balaban J connectivity index is 1.69. The van der Waals surface area contributed by atoms with Crippen LogP contribution in [0.2, 0.25) is 0 Å². The number of furan rings is 1. The van der Waals surface area contributed by atoms with Gasteiger partial charge in [0.1, 0.15) is 16.9 Å². The van der Waals surface area contributed by atoms with Crippen LogP contribution < -0.4 is 4.74 Å². The molecule has 116 valence electrons. The molecule has 0 radical (unpaired) electrons. The Morgan fingerprint density at radius 1 is 0.833 bits per heavy atom. The van der Waals surface area contributed by atoms with E-state index in [4.69, 9.17) is 9.15 Å². The zero-order valence-electron chi connectivity index (χ0n) is 12.9. The highest BCUT2D eigenvalue weighted by Crippen LogP contribution is 2.40. The molecule has 0 aliphatic carbocycles. The molecule has 4 aromatic rings. The number of esters is 1. The SMILES string of the molecule is O=C1C[C@H](c2ccc3c(c2)oc2ccccc23)c2ccccc2O1. The molecule has 0 unspecified atom stereocenters. The number of ether oxygens (including phenoxy) is 1. The number of carbonyl (C=O) groups is 1. The molecule has 1 aliphatic rings. The summed E-state index contributed by atoms with van der Waals surface area (Å²) in [5.41, 5.74) is 3.86. The second-order valence-electron chi connectivity index (χ2n) is 6.12. The summed E-state index contributed by atoms with van der Waals surface area (Å²) in [5.74, 6) is 0.465.